The van der Waals surface area contributed by atoms with Crippen LogP contribution in [0.5, 0.6) is 5.75 Å². The van der Waals surface area contributed by atoms with Gasteiger partial charge in [0.1, 0.15) is 5.75 Å². The molecule has 0 aliphatic heterocycles. The topological polar surface area (TPSA) is 76.1 Å². The summed E-state index contributed by atoms with van der Waals surface area (Å²) in [7, 11) is 1.66. The molecule has 0 aliphatic rings. The van der Waals surface area contributed by atoms with Gasteiger partial charge >= 0.3 is 0 Å². The third-order valence-corrected chi connectivity index (χ3v) is 4.60. The number of aromatic nitrogens is 2. The quantitative estimate of drug-likeness (QED) is 0.652. The van der Waals surface area contributed by atoms with Crippen molar-refractivity contribution in [1.29, 1.82) is 0 Å². The second-order valence-electron chi connectivity index (χ2n) is 6.53. The molecule has 1 amide bonds. The van der Waals surface area contributed by atoms with Crippen molar-refractivity contribution in [2.24, 2.45) is 0 Å². The summed E-state index contributed by atoms with van der Waals surface area (Å²) >= 11 is 0. The highest BCUT2D eigenvalue weighted by molar-refractivity contribution is 6.04. The zero-order valence-corrected chi connectivity index (χ0v) is 16.3. The van der Waals surface area contributed by atoms with E-state index in [2.05, 4.69) is 20.6 Å². The van der Waals surface area contributed by atoms with Crippen LogP contribution in [-0.4, -0.2) is 29.5 Å². The van der Waals surface area contributed by atoms with E-state index in [-0.39, 0.29) is 5.91 Å². The summed E-state index contributed by atoms with van der Waals surface area (Å²) < 4.78 is 5.23. The monoisotopic (exact) mass is 376 g/mol. The fourth-order valence-corrected chi connectivity index (χ4v) is 2.76. The van der Waals surface area contributed by atoms with Gasteiger partial charge in [-0.3, -0.25) is 4.79 Å². The molecule has 144 valence electrons. The van der Waals surface area contributed by atoms with Crippen LogP contribution < -0.4 is 15.4 Å². The first-order chi connectivity index (χ1) is 13.6. The van der Waals surface area contributed by atoms with Gasteiger partial charge in [-0.15, -0.1) is 0 Å². The van der Waals surface area contributed by atoms with Crippen molar-refractivity contribution in [3.05, 3.63) is 77.1 Å². The predicted molar refractivity (Wildman–Crippen MR) is 111 cm³/mol. The number of ether oxygens (including phenoxy) is 1. The Bertz CT molecular complexity index is 955. The van der Waals surface area contributed by atoms with Crippen LogP contribution in [0.4, 0.5) is 11.6 Å². The van der Waals surface area contributed by atoms with Gasteiger partial charge in [-0.1, -0.05) is 24.3 Å². The first kappa shape index (κ1) is 19.4. The van der Waals surface area contributed by atoms with Gasteiger partial charge in [-0.05, 0) is 55.2 Å². The maximum atomic E-state index is 12.4. The number of rotatable bonds is 7. The lowest BCUT2D eigenvalue weighted by Crippen LogP contribution is -2.15. The van der Waals surface area contributed by atoms with E-state index in [9.17, 15) is 4.79 Å². The largest absolute Gasteiger partial charge is 0.497 e. The van der Waals surface area contributed by atoms with Gasteiger partial charge in [0.15, 0.2) is 0 Å². The Morgan fingerprint density at radius 3 is 2.57 bits per heavy atom. The summed E-state index contributed by atoms with van der Waals surface area (Å²) in [5.74, 6) is 1.11. The number of hydrogen-bond donors (Lipinski definition) is 2. The van der Waals surface area contributed by atoms with E-state index < -0.39 is 0 Å². The minimum absolute atomic E-state index is 0.225. The van der Waals surface area contributed by atoms with Crippen molar-refractivity contribution in [2.75, 3.05) is 24.3 Å². The predicted octanol–water partition coefficient (Wildman–Crippen LogP) is 4.01. The number of anilines is 2. The third kappa shape index (κ3) is 4.85. The molecule has 0 saturated heterocycles. The van der Waals surface area contributed by atoms with Crippen LogP contribution in [0, 0.1) is 13.8 Å². The zero-order chi connectivity index (χ0) is 19.9. The van der Waals surface area contributed by atoms with Gasteiger partial charge in [-0.25, -0.2) is 9.97 Å². The van der Waals surface area contributed by atoms with Crippen LogP contribution in [0.15, 0.2) is 54.9 Å². The Labute approximate surface area is 165 Å². The Hall–Kier alpha value is -3.41. The summed E-state index contributed by atoms with van der Waals surface area (Å²) in [5.41, 5.74) is 4.55. The standard InChI is InChI=1S/C22H24N4O2/c1-15-6-4-9-20(16(15)2)26-21(27)18-13-24-22(25-14-18)23-11-10-17-7-5-8-19(12-17)28-3/h4-9,12-14H,10-11H2,1-3H3,(H,26,27)(H,23,24,25). The van der Waals surface area contributed by atoms with Crippen LogP contribution in [0.25, 0.3) is 0 Å². The highest BCUT2D eigenvalue weighted by Gasteiger charge is 2.10. The first-order valence-corrected chi connectivity index (χ1v) is 9.13. The summed E-state index contributed by atoms with van der Waals surface area (Å²) in [6, 6.07) is 13.8. The summed E-state index contributed by atoms with van der Waals surface area (Å²) in [6.45, 7) is 4.68. The molecule has 3 aromatic rings. The fraction of sp³-hybridized carbons (Fsp3) is 0.227. The molecule has 0 atom stereocenters. The Morgan fingerprint density at radius 1 is 1.07 bits per heavy atom. The van der Waals surface area contributed by atoms with Gasteiger partial charge in [0.2, 0.25) is 5.95 Å². The second kappa shape index (κ2) is 8.99. The number of amides is 1. The van der Waals surface area contributed by atoms with E-state index in [1.807, 2.05) is 56.3 Å². The number of aryl methyl sites for hydroxylation is 1. The van der Waals surface area contributed by atoms with E-state index >= 15 is 0 Å². The minimum atomic E-state index is -0.225. The molecule has 1 aromatic heterocycles. The highest BCUT2D eigenvalue weighted by Crippen LogP contribution is 2.19. The van der Waals surface area contributed by atoms with Crippen molar-refractivity contribution < 1.29 is 9.53 Å². The molecule has 0 bridgehead atoms. The minimum Gasteiger partial charge on any atom is -0.497 e. The van der Waals surface area contributed by atoms with E-state index in [0.29, 0.717) is 18.1 Å². The molecular formula is C22H24N4O2. The molecule has 0 fully saturated rings. The van der Waals surface area contributed by atoms with Crippen molar-refractivity contribution >= 4 is 17.5 Å². The van der Waals surface area contributed by atoms with Crippen LogP contribution >= 0.6 is 0 Å². The Kier molecular flexibility index (Phi) is 6.22. The van der Waals surface area contributed by atoms with E-state index in [1.54, 1.807) is 7.11 Å². The van der Waals surface area contributed by atoms with Crippen molar-refractivity contribution in [1.82, 2.24) is 9.97 Å². The molecule has 1 heterocycles. The van der Waals surface area contributed by atoms with Crippen molar-refractivity contribution in [2.45, 2.75) is 20.3 Å². The summed E-state index contributed by atoms with van der Waals surface area (Å²) in [6.07, 6.45) is 3.87. The lowest BCUT2D eigenvalue weighted by atomic mass is 10.1. The maximum Gasteiger partial charge on any atom is 0.258 e. The lowest BCUT2D eigenvalue weighted by molar-refractivity contribution is 0.102. The average molecular weight is 376 g/mol. The second-order valence-corrected chi connectivity index (χ2v) is 6.53. The lowest BCUT2D eigenvalue weighted by Gasteiger charge is -2.10. The van der Waals surface area contributed by atoms with Crippen LogP contribution in [0.3, 0.4) is 0 Å². The smallest absolute Gasteiger partial charge is 0.258 e. The van der Waals surface area contributed by atoms with Gasteiger partial charge in [0, 0.05) is 24.6 Å². The number of hydrogen-bond acceptors (Lipinski definition) is 5. The molecule has 0 spiro atoms. The molecule has 0 unspecified atom stereocenters. The molecule has 6 nitrogen and oxygen atoms in total. The summed E-state index contributed by atoms with van der Waals surface area (Å²) in [5, 5.41) is 6.08. The van der Waals surface area contributed by atoms with Crippen LogP contribution in [-0.2, 0) is 6.42 Å². The summed E-state index contributed by atoms with van der Waals surface area (Å²) in [4.78, 5) is 20.9. The van der Waals surface area contributed by atoms with Crippen LogP contribution in [0.1, 0.15) is 27.0 Å². The molecule has 0 radical (unpaired) electrons. The van der Waals surface area contributed by atoms with Gasteiger partial charge < -0.3 is 15.4 Å². The van der Waals surface area contributed by atoms with E-state index in [4.69, 9.17) is 4.74 Å². The fourth-order valence-electron chi connectivity index (χ4n) is 2.76. The molecule has 28 heavy (non-hydrogen) atoms. The number of nitrogens with one attached hydrogen (secondary N) is 2. The maximum absolute atomic E-state index is 12.4. The number of carbonyl (C=O) groups excluding carboxylic acids is 1. The van der Waals surface area contributed by atoms with Gasteiger partial charge in [0.25, 0.3) is 5.91 Å². The molecule has 2 aromatic carbocycles. The number of methoxy groups -OCH3 is 1. The molecule has 0 aliphatic carbocycles. The van der Waals surface area contributed by atoms with Gasteiger partial charge in [-0.2, -0.15) is 0 Å². The Balaban J connectivity index is 1.55. The third-order valence-electron chi connectivity index (χ3n) is 4.60. The average Bonchev–Trinajstić information content (AvgIpc) is 2.72. The molecule has 2 N–H and O–H groups in total. The number of benzene rings is 2. The zero-order valence-electron chi connectivity index (χ0n) is 16.3. The number of carbonyl (C=O) groups is 1. The molecule has 6 heteroatoms. The molecular weight excluding hydrogens is 352 g/mol. The normalized spacial score (nSPS) is 10.4. The van der Waals surface area contributed by atoms with E-state index in [0.717, 1.165) is 34.5 Å². The Morgan fingerprint density at radius 2 is 1.82 bits per heavy atom. The van der Waals surface area contributed by atoms with Gasteiger partial charge in [0.05, 0.1) is 12.7 Å². The molecule has 0 saturated carbocycles. The number of nitrogens with zero attached hydrogens (tertiary/aromatic N) is 2. The SMILES string of the molecule is COc1cccc(CCNc2ncc(C(=O)Nc3cccc(C)c3C)cn2)c1. The van der Waals surface area contributed by atoms with Crippen molar-refractivity contribution in [3.8, 4) is 5.75 Å². The van der Waals surface area contributed by atoms with Crippen LogP contribution in [0.2, 0.25) is 0 Å². The van der Waals surface area contributed by atoms with E-state index in [1.165, 1.54) is 12.4 Å². The first-order valence-electron chi connectivity index (χ1n) is 9.13. The highest BCUT2D eigenvalue weighted by atomic mass is 16.5. The van der Waals surface area contributed by atoms with Crippen molar-refractivity contribution in [3.63, 3.8) is 0 Å². The molecule has 3 rings (SSSR count).